The summed E-state index contributed by atoms with van der Waals surface area (Å²) in [4.78, 5) is 21.7. The van der Waals surface area contributed by atoms with E-state index in [1.54, 1.807) is 4.68 Å². The first-order valence-electron chi connectivity index (χ1n) is 9.57. The number of aryl methyl sites for hydroxylation is 3. The van der Waals surface area contributed by atoms with Gasteiger partial charge in [-0.15, -0.1) is 0 Å². The molecule has 0 fully saturated rings. The average Bonchev–Trinajstić information content (AvgIpc) is 3.14. The molecule has 7 heteroatoms. The van der Waals surface area contributed by atoms with Crippen LogP contribution in [0.4, 0.5) is 5.82 Å². The number of benzene rings is 1. The summed E-state index contributed by atoms with van der Waals surface area (Å²) in [5.74, 6) is 1.31. The SMILES string of the molecule is CC(Nc1nc(CCc2ccccc2)nc2c1CCNC2=O)c1cnn(C)c1. The van der Waals surface area contributed by atoms with Gasteiger partial charge in [0, 0.05) is 37.3 Å². The third-order valence-corrected chi connectivity index (χ3v) is 4.99. The average molecular weight is 376 g/mol. The minimum absolute atomic E-state index is 0.0275. The summed E-state index contributed by atoms with van der Waals surface area (Å²) in [5.41, 5.74) is 3.68. The van der Waals surface area contributed by atoms with Crippen LogP contribution in [-0.2, 0) is 26.3 Å². The Morgan fingerprint density at radius 3 is 2.79 bits per heavy atom. The molecule has 0 spiro atoms. The van der Waals surface area contributed by atoms with E-state index < -0.39 is 0 Å². The number of amides is 1. The molecule has 1 aliphatic rings. The molecule has 144 valence electrons. The van der Waals surface area contributed by atoms with E-state index >= 15 is 0 Å². The first-order valence-corrected chi connectivity index (χ1v) is 9.57. The van der Waals surface area contributed by atoms with Crippen LogP contribution < -0.4 is 10.6 Å². The van der Waals surface area contributed by atoms with Crippen LogP contribution in [0.1, 0.15) is 46.0 Å². The number of nitrogens with one attached hydrogen (secondary N) is 2. The zero-order chi connectivity index (χ0) is 19.5. The maximum Gasteiger partial charge on any atom is 0.270 e. The van der Waals surface area contributed by atoms with Crippen molar-refractivity contribution < 1.29 is 4.79 Å². The second-order valence-electron chi connectivity index (χ2n) is 7.12. The van der Waals surface area contributed by atoms with Gasteiger partial charge in [0.1, 0.15) is 17.3 Å². The van der Waals surface area contributed by atoms with Crippen LogP contribution >= 0.6 is 0 Å². The smallest absolute Gasteiger partial charge is 0.270 e. The first-order chi connectivity index (χ1) is 13.6. The quantitative estimate of drug-likeness (QED) is 0.690. The van der Waals surface area contributed by atoms with Crippen LogP contribution in [0.5, 0.6) is 0 Å². The second-order valence-corrected chi connectivity index (χ2v) is 7.12. The lowest BCUT2D eigenvalue weighted by Crippen LogP contribution is -2.34. The molecule has 1 unspecified atom stereocenters. The van der Waals surface area contributed by atoms with Crippen LogP contribution in [-0.4, -0.2) is 32.2 Å². The minimum Gasteiger partial charge on any atom is -0.363 e. The Labute approximate surface area is 164 Å². The summed E-state index contributed by atoms with van der Waals surface area (Å²) >= 11 is 0. The molecule has 7 nitrogen and oxygen atoms in total. The molecular formula is C21H24N6O. The van der Waals surface area contributed by atoms with Gasteiger partial charge in [-0.3, -0.25) is 9.48 Å². The van der Waals surface area contributed by atoms with Gasteiger partial charge in [0.15, 0.2) is 0 Å². The number of carbonyl (C=O) groups excluding carboxylic acids is 1. The highest BCUT2D eigenvalue weighted by molar-refractivity contribution is 5.96. The van der Waals surface area contributed by atoms with Gasteiger partial charge >= 0.3 is 0 Å². The van der Waals surface area contributed by atoms with Crippen molar-refractivity contribution in [3.05, 3.63) is 70.9 Å². The lowest BCUT2D eigenvalue weighted by Gasteiger charge is -2.22. The third-order valence-electron chi connectivity index (χ3n) is 4.99. The Hall–Kier alpha value is -3.22. The van der Waals surface area contributed by atoms with E-state index in [2.05, 4.69) is 39.8 Å². The zero-order valence-corrected chi connectivity index (χ0v) is 16.1. The van der Waals surface area contributed by atoms with E-state index in [-0.39, 0.29) is 11.9 Å². The summed E-state index contributed by atoms with van der Waals surface area (Å²) in [6, 6.07) is 10.3. The minimum atomic E-state index is -0.123. The lowest BCUT2D eigenvalue weighted by molar-refractivity contribution is 0.0940. The van der Waals surface area contributed by atoms with Crippen LogP contribution in [0.15, 0.2) is 42.7 Å². The number of nitrogens with zero attached hydrogens (tertiary/aromatic N) is 4. The van der Waals surface area contributed by atoms with Gasteiger partial charge in [-0.1, -0.05) is 30.3 Å². The number of anilines is 1. The van der Waals surface area contributed by atoms with Gasteiger partial charge < -0.3 is 10.6 Å². The Bertz CT molecular complexity index is 982. The topological polar surface area (TPSA) is 84.7 Å². The summed E-state index contributed by atoms with van der Waals surface area (Å²) in [7, 11) is 1.90. The Kier molecular flexibility index (Phi) is 5.06. The Morgan fingerprint density at radius 1 is 1.21 bits per heavy atom. The number of fused-ring (bicyclic) bond motifs is 1. The second kappa shape index (κ2) is 7.80. The van der Waals surface area contributed by atoms with E-state index in [1.165, 1.54) is 5.56 Å². The van der Waals surface area contributed by atoms with Crippen molar-refractivity contribution in [2.45, 2.75) is 32.2 Å². The van der Waals surface area contributed by atoms with E-state index in [0.717, 1.165) is 29.8 Å². The van der Waals surface area contributed by atoms with Crippen molar-refractivity contribution in [2.75, 3.05) is 11.9 Å². The number of rotatable bonds is 6. The normalized spacial score (nSPS) is 14.3. The molecule has 2 aromatic heterocycles. The highest BCUT2D eigenvalue weighted by Gasteiger charge is 2.24. The molecule has 3 aromatic rings. The van der Waals surface area contributed by atoms with Crippen LogP contribution in [0.3, 0.4) is 0 Å². The van der Waals surface area contributed by atoms with Crippen molar-refractivity contribution in [3.8, 4) is 0 Å². The molecule has 1 aliphatic heterocycles. The number of hydrogen-bond acceptors (Lipinski definition) is 5. The van der Waals surface area contributed by atoms with E-state index in [4.69, 9.17) is 4.98 Å². The maximum atomic E-state index is 12.4. The third kappa shape index (κ3) is 3.88. The fourth-order valence-corrected chi connectivity index (χ4v) is 3.42. The summed E-state index contributed by atoms with van der Waals surface area (Å²) in [6.45, 7) is 2.67. The van der Waals surface area contributed by atoms with Crippen molar-refractivity contribution in [1.29, 1.82) is 0 Å². The highest BCUT2D eigenvalue weighted by atomic mass is 16.1. The van der Waals surface area contributed by atoms with Gasteiger partial charge in [-0.2, -0.15) is 5.10 Å². The fourth-order valence-electron chi connectivity index (χ4n) is 3.42. The number of aromatic nitrogens is 4. The highest BCUT2D eigenvalue weighted by Crippen LogP contribution is 2.25. The molecule has 28 heavy (non-hydrogen) atoms. The molecule has 3 heterocycles. The summed E-state index contributed by atoms with van der Waals surface area (Å²) in [6.07, 6.45) is 6.06. The van der Waals surface area contributed by atoms with Crippen molar-refractivity contribution >= 4 is 11.7 Å². The molecule has 0 bridgehead atoms. The van der Waals surface area contributed by atoms with Crippen molar-refractivity contribution in [3.63, 3.8) is 0 Å². The molecular weight excluding hydrogens is 352 g/mol. The first kappa shape index (κ1) is 18.2. The predicted octanol–water partition coefficient (Wildman–Crippen LogP) is 2.45. The monoisotopic (exact) mass is 376 g/mol. The molecule has 1 amide bonds. The molecule has 1 aromatic carbocycles. The molecule has 0 radical (unpaired) electrons. The zero-order valence-electron chi connectivity index (χ0n) is 16.1. The lowest BCUT2D eigenvalue weighted by atomic mass is 10.0. The summed E-state index contributed by atoms with van der Waals surface area (Å²) < 4.78 is 1.78. The molecule has 2 N–H and O–H groups in total. The largest absolute Gasteiger partial charge is 0.363 e. The number of carbonyl (C=O) groups is 1. The van der Waals surface area contributed by atoms with Gasteiger partial charge in [-0.05, 0) is 25.3 Å². The summed E-state index contributed by atoms with van der Waals surface area (Å²) in [5, 5.41) is 10.6. The van der Waals surface area contributed by atoms with Gasteiger partial charge in [0.05, 0.1) is 12.2 Å². The van der Waals surface area contributed by atoms with Crippen molar-refractivity contribution in [1.82, 2.24) is 25.1 Å². The van der Waals surface area contributed by atoms with Gasteiger partial charge in [0.2, 0.25) is 0 Å². The molecule has 0 saturated carbocycles. The van der Waals surface area contributed by atoms with Crippen LogP contribution in [0, 0.1) is 0 Å². The Balaban J connectivity index is 1.62. The van der Waals surface area contributed by atoms with Crippen LogP contribution in [0.2, 0.25) is 0 Å². The standard InChI is InChI=1S/C21H24N6O/c1-14(16-12-23-27(2)13-16)24-20-17-10-11-22-21(28)19(17)25-18(26-20)9-8-15-6-4-3-5-7-15/h3-7,12-14H,8-11H2,1-2H3,(H,22,28)(H,24,25,26). The predicted molar refractivity (Wildman–Crippen MR) is 107 cm³/mol. The van der Waals surface area contributed by atoms with E-state index in [1.807, 2.05) is 37.6 Å². The fraction of sp³-hybridized carbons (Fsp3) is 0.333. The van der Waals surface area contributed by atoms with Crippen molar-refractivity contribution in [2.24, 2.45) is 7.05 Å². The van der Waals surface area contributed by atoms with Gasteiger partial charge in [-0.25, -0.2) is 9.97 Å². The molecule has 0 aliphatic carbocycles. The van der Waals surface area contributed by atoms with E-state index in [0.29, 0.717) is 24.5 Å². The molecule has 4 rings (SSSR count). The van der Waals surface area contributed by atoms with Gasteiger partial charge in [0.25, 0.3) is 5.91 Å². The Morgan fingerprint density at radius 2 is 2.04 bits per heavy atom. The maximum absolute atomic E-state index is 12.4. The van der Waals surface area contributed by atoms with E-state index in [9.17, 15) is 4.79 Å². The molecule has 0 saturated heterocycles. The number of hydrogen-bond donors (Lipinski definition) is 2. The van der Waals surface area contributed by atoms with Crippen LogP contribution in [0.25, 0.3) is 0 Å². The molecule has 1 atom stereocenters.